The van der Waals surface area contributed by atoms with Crippen LogP contribution in [-0.4, -0.2) is 5.88 Å². The van der Waals surface area contributed by atoms with Crippen LogP contribution in [0.4, 0.5) is 5.69 Å². The molecule has 0 saturated heterocycles. The van der Waals surface area contributed by atoms with Crippen LogP contribution in [0.5, 0.6) is 0 Å². The van der Waals surface area contributed by atoms with E-state index in [1.54, 1.807) is 0 Å². The van der Waals surface area contributed by atoms with Crippen molar-refractivity contribution in [3.63, 3.8) is 0 Å². The maximum absolute atomic E-state index is 3.35. The predicted molar refractivity (Wildman–Crippen MR) is 59.4 cm³/mol. The summed E-state index contributed by atoms with van der Waals surface area (Å²) in [5.41, 5.74) is 2.79. The molecule has 1 N–H and O–H groups in total. The molecule has 0 unspecified atom stereocenters. The summed E-state index contributed by atoms with van der Waals surface area (Å²) in [6, 6.07) is 6.78. The maximum Gasteiger partial charge on any atom is 0.0658 e. The summed E-state index contributed by atoms with van der Waals surface area (Å²) in [6.45, 7) is 2.24. The minimum Gasteiger partial charge on any atom is -0.375 e. The van der Waals surface area contributed by atoms with Crippen LogP contribution in [-0.2, 0) is 6.42 Å². The average molecular weight is 193 g/mol. The fraction of sp³-hybridized carbons (Fsp3) is 0.455. The Morgan fingerprint density at radius 2 is 2.38 bits per heavy atom. The van der Waals surface area contributed by atoms with Gasteiger partial charge in [-0.3, -0.25) is 0 Å². The van der Waals surface area contributed by atoms with Gasteiger partial charge in [-0.25, -0.2) is 0 Å². The Labute approximate surface area is 83.9 Å². The third-order valence-electron chi connectivity index (χ3n) is 2.36. The highest BCUT2D eigenvalue weighted by molar-refractivity contribution is 7.99. The van der Waals surface area contributed by atoms with Gasteiger partial charge in [0.25, 0.3) is 0 Å². The number of hydrogen-bond acceptors (Lipinski definition) is 2. The molecule has 1 aromatic carbocycles. The molecular formula is C11H15NS. The highest BCUT2D eigenvalue weighted by Gasteiger charge is 2.09. The summed E-state index contributed by atoms with van der Waals surface area (Å²) in [5, 5.41) is 3.35. The Morgan fingerprint density at radius 1 is 1.46 bits per heavy atom. The van der Waals surface area contributed by atoms with E-state index in [4.69, 9.17) is 0 Å². The number of benzene rings is 1. The van der Waals surface area contributed by atoms with E-state index < -0.39 is 0 Å². The van der Waals surface area contributed by atoms with Gasteiger partial charge in [-0.05, 0) is 30.5 Å². The lowest BCUT2D eigenvalue weighted by atomic mass is 10.1. The topological polar surface area (TPSA) is 12.0 Å². The Kier molecular flexibility index (Phi) is 2.79. The molecule has 0 atom stereocenters. The highest BCUT2D eigenvalue weighted by atomic mass is 32.2. The quantitative estimate of drug-likeness (QED) is 0.788. The number of hydrogen-bond donors (Lipinski definition) is 1. The largest absolute Gasteiger partial charge is 0.375 e. The van der Waals surface area contributed by atoms with Gasteiger partial charge in [0, 0.05) is 10.6 Å². The lowest BCUT2D eigenvalue weighted by Crippen LogP contribution is -1.89. The smallest absolute Gasteiger partial charge is 0.0658 e. The minimum atomic E-state index is 1.03. The van der Waals surface area contributed by atoms with Gasteiger partial charge in [-0.1, -0.05) is 19.4 Å². The van der Waals surface area contributed by atoms with Crippen molar-refractivity contribution < 1.29 is 0 Å². The van der Waals surface area contributed by atoms with Crippen LogP contribution in [0.25, 0.3) is 0 Å². The normalized spacial score (nSPS) is 13.9. The summed E-state index contributed by atoms with van der Waals surface area (Å²) >= 11 is 1.90. The molecule has 0 spiro atoms. The first-order valence-corrected chi connectivity index (χ1v) is 5.88. The second kappa shape index (κ2) is 4.05. The summed E-state index contributed by atoms with van der Waals surface area (Å²) in [4.78, 5) is 1.42. The molecule has 2 heteroatoms. The Balaban J connectivity index is 2.12. The molecule has 2 rings (SSSR count). The molecule has 0 radical (unpaired) electrons. The molecule has 0 aromatic heterocycles. The van der Waals surface area contributed by atoms with Gasteiger partial charge in [-0.2, -0.15) is 0 Å². The van der Waals surface area contributed by atoms with Crippen molar-refractivity contribution in [2.45, 2.75) is 31.1 Å². The zero-order valence-electron chi connectivity index (χ0n) is 7.97. The molecule has 1 aromatic rings. The van der Waals surface area contributed by atoms with E-state index >= 15 is 0 Å². The number of unbranched alkanes of at least 4 members (excludes halogenated alkanes) is 1. The third kappa shape index (κ3) is 1.99. The third-order valence-corrected chi connectivity index (χ3v) is 3.29. The molecule has 0 bridgehead atoms. The van der Waals surface area contributed by atoms with Crippen molar-refractivity contribution in [3.8, 4) is 0 Å². The number of aryl methyl sites for hydroxylation is 1. The van der Waals surface area contributed by atoms with Crippen molar-refractivity contribution in [1.82, 2.24) is 0 Å². The van der Waals surface area contributed by atoms with Crippen LogP contribution in [0.2, 0.25) is 0 Å². The Bertz CT molecular complexity index is 296. The molecular weight excluding hydrogens is 178 g/mol. The van der Waals surface area contributed by atoms with E-state index in [1.165, 1.54) is 35.4 Å². The van der Waals surface area contributed by atoms with Crippen molar-refractivity contribution in [2.75, 3.05) is 11.2 Å². The van der Waals surface area contributed by atoms with Crippen LogP contribution in [0.15, 0.2) is 23.1 Å². The summed E-state index contributed by atoms with van der Waals surface area (Å²) in [5.74, 6) is 1.03. The molecule has 1 nitrogen and oxygen atoms in total. The van der Waals surface area contributed by atoms with E-state index in [9.17, 15) is 0 Å². The Morgan fingerprint density at radius 3 is 3.23 bits per heavy atom. The first-order valence-electron chi connectivity index (χ1n) is 4.90. The van der Waals surface area contributed by atoms with Gasteiger partial charge in [0.15, 0.2) is 0 Å². The molecule has 13 heavy (non-hydrogen) atoms. The van der Waals surface area contributed by atoms with Gasteiger partial charge in [0.1, 0.15) is 0 Å². The highest BCUT2D eigenvalue weighted by Crippen LogP contribution is 2.34. The second-order valence-corrected chi connectivity index (χ2v) is 4.42. The second-order valence-electron chi connectivity index (χ2n) is 3.40. The van der Waals surface area contributed by atoms with E-state index in [1.807, 2.05) is 11.8 Å². The van der Waals surface area contributed by atoms with Gasteiger partial charge in [0.05, 0.1) is 5.88 Å². The van der Waals surface area contributed by atoms with E-state index in [2.05, 4.69) is 30.4 Å². The average Bonchev–Trinajstić information content (AvgIpc) is 2.61. The fourth-order valence-corrected chi connectivity index (χ4v) is 2.47. The van der Waals surface area contributed by atoms with Crippen LogP contribution < -0.4 is 5.32 Å². The first-order chi connectivity index (χ1) is 6.40. The lowest BCUT2D eigenvalue weighted by Gasteiger charge is -2.02. The van der Waals surface area contributed by atoms with Crippen molar-refractivity contribution in [2.24, 2.45) is 0 Å². The van der Waals surface area contributed by atoms with Crippen molar-refractivity contribution in [3.05, 3.63) is 23.8 Å². The summed E-state index contributed by atoms with van der Waals surface area (Å²) in [7, 11) is 0. The number of nitrogens with one attached hydrogen (secondary N) is 1. The maximum atomic E-state index is 3.35. The number of fused-ring (bicyclic) bond motifs is 1. The number of anilines is 1. The minimum absolute atomic E-state index is 1.03. The number of rotatable bonds is 3. The molecule has 0 fully saturated rings. The Hall–Kier alpha value is -0.630. The zero-order chi connectivity index (χ0) is 9.10. The van der Waals surface area contributed by atoms with Gasteiger partial charge in [-0.15, -0.1) is 11.8 Å². The molecule has 0 saturated carbocycles. The van der Waals surface area contributed by atoms with Crippen LogP contribution in [0.3, 0.4) is 0 Å². The van der Waals surface area contributed by atoms with Gasteiger partial charge >= 0.3 is 0 Å². The van der Waals surface area contributed by atoms with Crippen LogP contribution >= 0.6 is 11.8 Å². The van der Waals surface area contributed by atoms with E-state index in [0.717, 1.165) is 5.88 Å². The van der Waals surface area contributed by atoms with Crippen LogP contribution in [0.1, 0.15) is 25.3 Å². The molecule has 70 valence electrons. The molecule has 0 aliphatic carbocycles. The monoisotopic (exact) mass is 193 g/mol. The van der Waals surface area contributed by atoms with Gasteiger partial charge in [0.2, 0.25) is 0 Å². The predicted octanol–water partition coefficient (Wildman–Crippen LogP) is 3.50. The zero-order valence-corrected chi connectivity index (χ0v) is 8.79. The van der Waals surface area contributed by atoms with Crippen molar-refractivity contribution >= 4 is 17.4 Å². The van der Waals surface area contributed by atoms with E-state index in [0.29, 0.717) is 0 Å². The van der Waals surface area contributed by atoms with Gasteiger partial charge < -0.3 is 5.32 Å². The van der Waals surface area contributed by atoms with E-state index in [-0.39, 0.29) is 0 Å². The lowest BCUT2D eigenvalue weighted by molar-refractivity contribution is 0.794. The summed E-state index contributed by atoms with van der Waals surface area (Å²) in [6.07, 6.45) is 3.81. The first kappa shape index (κ1) is 8.95. The standard InChI is InChI=1S/C11H15NS/c1-2-3-4-9-5-6-10-11(7-9)13-8-12-10/h5-7,12H,2-4,8H2,1H3. The van der Waals surface area contributed by atoms with Crippen molar-refractivity contribution in [1.29, 1.82) is 0 Å². The fourth-order valence-electron chi connectivity index (χ4n) is 1.56. The molecule has 0 amide bonds. The molecule has 1 aliphatic heterocycles. The SMILES string of the molecule is CCCCc1ccc2c(c1)SCN2. The summed E-state index contributed by atoms with van der Waals surface area (Å²) < 4.78 is 0. The number of thioether (sulfide) groups is 1. The van der Waals surface area contributed by atoms with Crippen LogP contribution in [0, 0.1) is 0 Å². The molecule has 1 aliphatic rings. The molecule has 1 heterocycles.